The summed E-state index contributed by atoms with van der Waals surface area (Å²) >= 11 is 0. The van der Waals surface area contributed by atoms with Gasteiger partial charge in [-0.15, -0.1) is 12.4 Å². The Hall–Kier alpha value is -1.13. The number of halogens is 2. The van der Waals surface area contributed by atoms with E-state index in [-0.39, 0.29) is 42.1 Å². The monoisotopic (exact) mass is 313 g/mol. The molecule has 2 aliphatic rings. The Balaban J connectivity index is 0.00000161. The van der Waals surface area contributed by atoms with Gasteiger partial charge in [0.05, 0.1) is 13.0 Å². The third-order valence-corrected chi connectivity index (χ3v) is 4.76. The molecule has 116 valence electrons. The van der Waals surface area contributed by atoms with E-state index in [1.807, 2.05) is 12.1 Å². The molecule has 0 spiro atoms. The fraction of sp³-hybridized carbons (Fsp3) is 0.562. The van der Waals surface area contributed by atoms with Crippen LogP contribution in [0.4, 0.5) is 4.39 Å². The van der Waals surface area contributed by atoms with Gasteiger partial charge in [-0.3, -0.25) is 4.79 Å². The number of carbonyl (C=O) groups excluding carboxylic acids is 1. The van der Waals surface area contributed by atoms with Crippen LogP contribution < -0.4 is 5.32 Å². The first-order valence-electron chi connectivity index (χ1n) is 7.20. The van der Waals surface area contributed by atoms with Gasteiger partial charge in [-0.2, -0.15) is 0 Å². The number of hydrogen-bond acceptors (Lipinski definition) is 3. The van der Waals surface area contributed by atoms with E-state index in [4.69, 9.17) is 4.74 Å². The van der Waals surface area contributed by atoms with Crippen molar-refractivity contribution in [2.24, 2.45) is 5.92 Å². The number of rotatable bonds is 2. The predicted octanol–water partition coefficient (Wildman–Crippen LogP) is 2.95. The number of esters is 1. The van der Waals surface area contributed by atoms with Crippen LogP contribution in [0.3, 0.4) is 0 Å². The SMILES string of the molecule is COC(=O)[C@@H]1[C@H]2CC[C@@H](C[C@H]1c1ccc(F)c(C)c1)N2.Cl. The smallest absolute Gasteiger partial charge is 0.310 e. The number of carbonyl (C=O) groups is 1. The van der Waals surface area contributed by atoms with Gasteiger partial charge < -0.3 is 10.1 Å². The first-order valence-corrected chi connectivity index (χ1v) is 7.20. The van der Waals surface area contributed by atoms with Crippen LogP contribution in [0.1, 0.15) is 36.3 Å². The summed E-state index contributed by atoms with van der Waals surface area (Å²) in [5.41, 5.74) is 1.69. The number of nitrogens with one attached hydrogen (secondary N) is 1. The highest BCUT2D eigenvalue weighted by Gasteiger charge is 2.46. The van der Waals surface area contributed by atoms with Crippen molar-refractivity contribution < 1.29 is 13.9 Å². The molecule has 2 heterocycles. The largest absolute Gasteiger partial charge is 0.469 e. The lowest BCUT2D eigenvalue weighted by Crippen LogP contribution is -2.48. The summed E-state index contributed by atoms with van der Waals surface area (Å²) in [5.74, 6) is -0.390. The average molecular weight is 314 g/mol. The minimum absolute atomic E-state index is 0. The van der Waals surface area contributed by atoms with Crippen LogP contribution in [-0.4, -0.2) is 25.2 Å². The fourth-order valence-corrected chi connectivity index (χ4v) is 3.76. The molecular formula is C16H21ClFNO2. The first kappa shape index (κ1) is 16.2. The molecule has 1 aromatic carbocycles. The van der Waals surface area contributed by atoms with Gasteiger partial charge in [-0.05, 0) is 43.4 Å². The van der Waals surface area contributed by atoms with Gasteiger partial charge in [0.15, 0.2) is 0 Å². The van der Waals surface area contributed by atoms with E-state index in [1.54, 1.807) is 6.92 Å². The minimum atomic E-state index is -0.194. The highest BCUT2D eigenvalue weighted by Crippen LogP contribution is 2.42. The average Bonchev–Trinajstić information content (AvgIpc) is 2.82. The Morgan fingerprint density at radius 3 is 2.81 bits per heavy atom. The van der Waals surface area contributed by atoms with Gasteiger partial charge in [0.2, 0.25) is 0 Å². The molecule has 2 saturated heterocycles. The number of piperidine rings is 1. The van der Waals surface area contributed by atoms with Crippen LogP contribution in [0.2, 0.25) is 0 Å². The molecule has 21 heavy (non-hydrogen) atoms. The van der Waals surface area contributed by atoms with Crippen molar-refractivity contribution in [2.45, 2.75) is 44.2 Å². The van der Waals surface area contributed by atoms with E-state index < -0.39 is 0 Å². The van der Waals surface area contributed by atoms with E-state index >= 15 is 0 Å². The third-order valence-electron chi connectivity index (χ3n) is 4.76. The van der Waals surface area contributed by atoms with Crippen molar-refractivity contribution in [1.29, 1.82) is 0 Å². The maximum atomic E-state index is 13.4. The summed E-state index contributed by atoms with van der Waals surface area (Å²) in [7, 11) is 1.44. The van der Waals surface area contributed by atoms with Crippen molar-refractivity contribution in [1.82, 2.24) is 5.32 Å². The molecule has 0 unspecified atom stereocenters. The van der Waals surface area contributed by atoms with E-state index in [0.717, 1.165) is 24.8 Å². The maximum Gasteiger partial charge on any atom is 0.310 e. The lowest BCUT2D eigenvalue weighted by Gasteiger charge is -2.36. The fourth-order valence-electron chi connectivity index (χ4n) is 3.76. The number of methoxy groups -OCH3 is 1. The Morgan fingerprint density at radius 2 is 2.14 bits per heavy atom. The summed E-state index contributed by atoms with van der Waals surface area (Å²) in [6.07, 6.45) is 3.04. The minimum Gasteiger partial charge on any atom is -0.469 e. The molecule has 2 fully saturated rings. The molecule has 0 amide bonds. The molecule has 1 aromatic rings. The first-order chi connectivity index (χ1) is 9.60. The number of ether oxygens (including phenoxy) is 1. The lowest BCUT2D eigenvalue weighted by atomic mass is 9.76. The Labute approximate surface area is 130 Å². The standard InChI is InChI=1S/C16H20FNO2.ClH/c1-9-7-10(3-5-13(9)17)12-8-11-4-6-14(18-11)15(12)16(19)20-2;/h3,5,7,11-12,14-15,18H,4,6,8H2,1-2H3;1H/t11-,12-,14+,15-;/m0./s1. The van der Waals surface area contributed by atoms with E-state index in [1.165, 1.54) is 13.2 Å². The molecule has 0 aromatic heterocycles. The van der Waals surface area contributed by atoms with Gasteiger partial charge >= 0.3 is 5.97 Å². The normalized spacial score (nSPS) is 30.6. The topological polar surface area (TPSA) is 38.3 Å². The second-order valence-electron chi connectivity index (χ2n) is 5.95. The summed E-state index contributed by atoms with van der Waals surface area (Å²) in [6.45, 7) is 1.77. The zero-order valence-corrected chi connectivity index (χ0v) is 13.1. The molecule has 4 atom stereocenters. The second-order valence-corrected chi connectivity index (χ2v) is 5.95. The number of aryl methyl sites for hydroxylation is 1. The summed E-state index contributed by atoms with van der Waals surface area (Å²) in [6, 6.07) is 5.85. The van der Waals surface area contributed by atoms with Gasteiger partial charge in [0.1, 0.15) is 5.82 Å². The van der Waals surface area contributed by atoms with Crippen LogP contribution in [0.15, 0.2) is 18.2 Å². The molecule has 2 aliphatic heterocycles. The van der Waals surface area contributed by atoms with Crippen molar-refractivity contribution in [2.75, 3.05) is 7.11 Å². The van der Waals surface area contributed by atoms with Crippen LogP contribution in [0.5, 0.6) is 0 Å². The molecule has 3 rings (SSSR count). The van der Waals surface area contributed by atoms with E-state index in [2.05, 4.69) is 5.32 Å². The third kappa shape index (κ3) is 2.92. The number of fused-ring (bicyclic) bond motifs is 2. The Morgan fingerprint density at radius 1 is 1.38 bits per heavy atom. The quantitative estimate of drug-likeness (QED) is 0.853. The molecular weight excluding hydrogens is 293 g/mol. The Kier molecular flexibility index (Phi) is 4.89. The summed E-state index contributed by atoms with van der Waals surface area (Å²) in [5, 5.41) is 3.51. The molecule has 0 radical (unpaired) electrons. The highest BCUT2D eigenvalue weighted by atomic mass is 35.5. The van der Waals surface area contributed by atoms with Crippen molar-refractivity contribution in [3.63, 3.8) is 0 Å². The van der Waals surface area contributed by atoms with Gasteiger partial charge in [0.25, 0.3) is 0 Å². The van der Waals surface area contributed by atoms with Crippen LogP contribution in [0, 0.1) is 18.7 Å². The molecule has 1 N–H and O–H groups in total. The zero-order valence-electron chi connectivity index (χ0n) is 12.3. The number of benzene rings is 1. The second kappa shape index (κ2) is 6.32. The maximum absolute atomic E-state index is 13.4. The molecule has 5 heteroatoms. The summed E-state index contributed by atoms with van der Waals surface area (Å²) in [4.78, 5) is 12.2. The highest BCUT2D eigenvalue weighted by molar-refractivity contribution is 5.85. The zero-order chi connectivity index (χ0) is 14.3. The molecule has 3 nitrogen and oxygen atoms in total. The lowest BCUT2D eigenvalue weighted by molar-refractivity contribution is -0.148. The van der Waals surface area contributed by atoms with Crippen molar-refractivity contribution >= 4 is 18.4 Å². The van der Waals surface area contributed by atoms with E-state index in [9.17, 15) is 9.18 Å². The number of hydrogen-bond donors (Lipinski definition) is 1. The van der Waals surface area contributed by atoms with Crippen molar-refractivity contribution in [3.05, 3.63) is 35.1 Å². The predicted molar refractivity (Wildman–Crippen MR) is 81.2 cm³/mol. The van der Waals surface area contributed by atoms with Crippen LogP contribution in [-0.2, 0) is 9.53 Å². The van der Waals surface area contributed by atoms with Crippen molar-refractivity contribution in [3.8, 4) is 0 Å². The molecule has 2 bridgehead atoms. The van der Waals surface area contributed by atoms with Gasteiger partial charge in [-0.1, -0.05) is 12.1 Å². The Bertz CT molecular complexity index is 537. The summed E-state index contributed by atoms with van der Waals surface area (Å²) < 4.78 is 18.4. The van der Waals surface area contributed by atoms with Gasteiger partial charge in [0, 0.05) is 18.0 Å². The van der Waals surface area contributed by atoms with Gasteiger partial charge in [-0.25, -0.2) is 4.39 Å². The van der Waals surface area contributed by atoms with E-state index in [0.29, 0.717) is 11.6 Å². The van der Waals surface area contributed by atoms with Crippen LogP contribution >= 0.6 is 12.4 Å². The molecule has 0 saturated carbocycles. The van der Waals surface area contributed by atoms with Crippen LogP contribution in [0.25, 0.3) is 0 Å². The molecule has 0 aliphatic carbocycles.